The first-order valence-electron chi connectivity index (χ1n) is 1.35. The average Bonchev–Trinajstić information content (AvgIpc) is 1.37. The summed E-state index contributed by atoms with van der Waals surface area (Å²) in [6.07, 6.45) is 0.736. The molecule has 0 rings (SSSR count). The Balaban J connectivity index is 0. The normalized spacial score (nSPS) is 6.00. The Morgan fingerprint density at radius 2 is 1.80 bits per heavy atom. The van der Waals surface area contributed by atoms with E-state index >= 15 is 0 Å². The van der Waals surface area contributed by atoms with Crippen LogP contribution in [-0.2, 0) is 21.1 Å². The van der Waals surface area contributed by atoms with E-state index in [9.17, 15) is 0 Å². The monoisotopic (exact) mass is 241 g/mol. The van der Waals surface area contributed by atoms with Crippen LogP contribution < -0.4 is 0 Å². The predicted octanol–water partition coefficient (Wildman–Crippen LogP) is 1.26. The Hall–Kier alpha value is 0.648. The van der Waals surface area contributed by atoms with Gasteiger partial charge in [-0.25, -0.2) is 6.42 Å². The predicted molar refractivity (Wildman–Crippen MR) is 19.2 cm³/mol. The number of nitrogens with one attached hydrogen (secondary N) is 1. The molecule has 0 spiro atoms. The van der Waals surface area contributed by atoms with E-state index in [1.54, 1.807) is 0 Å². The van der Waals surface area contributed by atoms with Crippen LogP contribution in [0.25, 0.3) is 5.73 Å². The summed E-state index contributed by atoms with van der Waals surface area (Å²) in [5, 5.41) is 0. The quantitative estimate of drug-likeness (QED) is 0.617. The van der Waals surface area contributed by atoms with Crippen molar-refractivity contribution in [3.8, 4) is 0 Å². The smallest absolute Gasteiger partial charge is 0.679 e. The number of hydrogen-bond donors (Lipinski definition) is 0. The zero-order chi connectivity index (χ0) is 3.41. The molecular weight excluding hydrogens is 234 g/mol. The van der Waals surface area contributed by atoms with Gasteiger partial charge in [-0.2, -0.15) is 6.54 Å². The van der Waals surface area contributed by atoms with Crippen LogP contribution in [0.1, 0.15) is 6.42 Å². The van der Waals surface area contributed by atoms with Gasteiger partial charge in [0, 0.05) is 0 Å². The minimum Gasteiger partial charge on any atom is -0.679 e. The van der Waals surface area contributed by atoms with Gasteiger partial charge in [0.15, 0.2) is 0 Å². The van der Waals surface area contributed by atoms with E-state index in [1.807, 2.05) is 0 Å². The molecule has 1 nitrogen and oxygen atoms in total. The van der Waals surface area contributed by atoms with Crippen LogP contribution in [0.4, 0.5) is 0 Å². The van der Waals surface area contributed by atoms with Crippen LogP contribution >= 0.6 is 0 Å². The molecule has 0 aromatic heterocycles. The summed E-state index contributed by atoms with van der Waals surface area (Å²) in [5.41, 5.74) is 6.39. The maximum absolute atomic E-state index is 6.39. The maximum Gasteiger partial charge on any atom is 2.00 e. The summed E-state index contributed by atoms with van der Waals surface area (Å²) in [6.45, 7) is 3.88. The van der Waals surface area contributed by atoms with E-state index in [1.165, 1.54) is 0 Å². The topological polar surface area (TPSA) is 23.8 Å². The van der Waals surface area contributed by atoms with Crippen LogP contribution in [0, 0.1) is 6.92 Å². The van der Waals surface area contributed by atoms with Gasteiger partial charge < -0.3 is 12.7 Å². The Morgan fingerprint density at radius 3 is 1.80 bits per heavy atom. The van der Waals surface area contributed by atoms with Crippen LogP contribution in [0.5, 0.6) is 0 Å². The van der Waals surface area contributed by atoms with Gasteiger partial charge in [0.05, 0.1) is 0 Å². The van der Waals surface area contributed by atoms with Gasteiger partial charge in [-0.05, 0) is 0 Å². The largest absolute Gasteiger partial charge is 2.00 e. The molecule has 0 heterocycles. The van der Waals surface area contributed by atoms with Crippen molar-refractivity contribution >= 4 is 0 Å². The standard InChI is InChI=1S/C3H7N.W/c1-2-3-4;/h4H,1-3H2;/q-2;+2. The zero-order valence-corrected chi connectivity index (χ0v) is 5.96. The fraction of sp³-hybridized carbons (Fsp3) is 0.667. The van der Waals surface area contributed by atoms with E-state index < -0.39 is 0 Å². The molecule has 0 unspecified atom stereocenters. The molecule has 30 valence electrons. The average molecular weight is 241 g/mol. The molecule has 0 bridgehead atoms. The number of hydrogen-bond acceptors (Lipinski definition) is 0. The van der Waals surface area contributed by atoms with Crippen molar-refractivity contribution in [2.24, 2.45) is 0 Å². The molecule has 0 amide bonds. The second-order valence-electron chi connectivity index (χ2n) is 0.604. The molecule has 0 fully saturated rings. The number of rotatable bonds is 1. The van der Waals surface area contributed by atoms with Crippen molar-refractivity contribution < 1.29 is 21.1 Å². The second kappa shape index (κ2) is 8.82. The summed E-state index contributed by atoms with van der Waals surface area (Å²) in [7, 11) is 0. The van der Waals surface area contributed by atoms with Crippen molar-refractivity contribution in [2.75, 3.05) is 6.54 Å². The van der Waals surface area contributed by atoms with Gasteiger partial charge in [0.1, 0.15) is 0 Å². The van der Waals surface area contributed by atoms with Gasteiger partial charge in [-0.15, -0.1) is 0 Å². The van der Waals surface area contributed by atoms with Crippen LogP contribution in [-0.4, -0.2) is 6.54 Å². The van der Waals surface area contributed by atoms with Gasteiger partial charge in [-0.1, -0.05) is 0 Å². The van der Waals surface area contributed by atoms with E-state index in [0.29, 0.717) is 6.54 Å². The summed E-state index contributed by atoms with van der Waals surface area (Å²) < 4.78 is 0. The van der Waals surface area contributed by atoms with E-state index in [2.05, 4.69) is 6.92 Å². The van der Waals surface area contributed by atoms with E-state index in [-0.39, 0.29) is 21.1 Å². The first-order valence-corrected chi connectivity index (χ1v) is 1.35. The minimum absolute atomic E-state index is 0. The van der Waals surface area contributed by atoms with Gasteiger partial charge in [0.25, 0.3) is 0 Å². The molecule has 0 saturated heterocycles. The Labute approximate surface area is 47.2 Å². The molecule has 0 aliphatic carbocycles. The fourth-order valence-corrected chi connectivity index (χ4v) is 0. The Morgan fingerprint density at radius 1 is 1.60 bits per heavy atom. The minimum atomic E-state index is 0. The van der Waals surface area contributed by atoms with Crippen LogP contribution in [0.15, 0.2) is 0 Å². The Bertz CT molecular complexity index is 8.85. The molecule has 0 atom stereocenters. The molecule has 1 N–H and O–H groups in total. The SMILES string of the molecule is [CH2-]CC[NH-].[W+2]. The third kappa shape index (κ3) is 12.0. The summed E-state index contributed by atoms with van der Waals surface area (Å²) in [6, 6.07) is 0. The fourth-order valence-electron chi connectivity index (χ4n) is 0. The van der Waals surface area contributed by atoms with Gasteiger partial charge in [0.2, 0.25) is 0 Å². The van der Waals surface area contributed by atoms with E-state index in [0.717, 1.165) is 6.42 Å². The molecule has 5 heavy (non-hydrogen) atoms. The van der Waals surface area contributed by atoms with Gasteiger partial charge >= 0.3 is 21.1 Å². The van der Waals surface area contributed by atoms with Gasteiger partial charge in [-0.3, -0.25) is 0 Å². The second-order valence-corrected chi connectivity index (χ2v) is 0.604. The molecule has 0 aromatic carbocycles. The van der Waals surface area contributed by atoms with Crippen LogP contribution in [0.2, 0.25) is 0 Å². The van der Waals surface area contributed by atoms with Crippen molar-refractivity contribution in [1.29, 1.82) is 0 Å². The molecule has 0 aliphatic rings. The molecule has 0 aromatic rings. The van der Waals surface area contributed by atoms with Crippen LogP contribution in [0.3, 0.4) is 0 Å². The molecule has 0 saturated carbocycles. The molecule has 2 heteroatoms. The summed E-state index contributed by atoms with van der Waals surface area (Å²) >= 11 is 0. The van der Waals surface area contributed by atoms with E-state index in [4.69, 9.17) is 5.73 Å². The Kier molecular flexibility index (Phi) is 16.2. The zero-order valence-electron chi connectivity index (χ0n) is 3.03. The summed E-state index contributed by atoms with van der Waals surface area (Å²) in [4.78, 5) is 0. The van der Waals surface area contributed by atoms with Crippen molar-refractivity contribution in [1.82, 2.24) is 0 Å². The third-order valence-corrected chi connectivity index (χ3v) is 0.177. The van der Waals surface area contributed by atoms with Crippen molar-refractivity contribution in [3.63, 3.8) is 0 Å². The van der Waals surface area contributed by atoms with Crippen molar-refractivity contribution in [2.45, 2.75) is 6.42 Å². The summed E-state index contributed by atoms with van der Waals surface area (Å²) in [5.74, 6) is 0. The molecule has 0 radical (unpaired) electrons. The molecule has 0 aliphatic heterocycles. The molecular formula is C3H7NW. The van der Waals surface area contributed by atoms with Crippen molar-refractivity contribution in [3.05, 3.63) is 12.7 Å². The maximum atomic E-state index is 6.39. The first kappa shape index (κ1) is 9.17. The first-order chi connectivity index (χ1) is 1.91. The third-order valence-electron chi connectivity index (χ3n) is 0.177.